The molecular formula is C53H36. The third-order valence-corrected chi connectivity index (χ3v) is 12.0. The van der Waals surface area contributed by atoms with Crippen LogP contribution in [0.15, 0.2) is 182 Å². The van der Waals surface area contributed by atoms with E-state index in [0.717, 1.165) is 0 Å². The Labute approximate surface area is 309 Å². The molecule has 0 aromatic heterocycles. The van der Waals surface area contributed by atoms with E-state index in [1.807, 2.05) is 0 Å². The van der Waals surface area contributed by atoms with Gasteiger partial charge in [0.1, 0.15) is 0 Å². The lowest BCUT2D eigenvalue weighted by Gasteiger charge is -2.22. The molecule has 11 rings (SSSR count). The zero-order valence-corrected chi connectivity index (χ0v) is 29.8. The molecule has 10 aromatic rings. The number of hydrogen-bond donors (Lipinski definition) is 0. The van der Waals surface area contributed by atoms with Crippen molar-refractivity contribution in [3.8, 4) is 44.5 Å². The van der Waals surface area contributed by atoms with Crippen LogP contribution in [-0.4, -0.2) is 0 Å². The predicted octanol–water partition coefficient (Wildman–Crippen LogP) is 14.8. The van der Waals surface area contributed by atoms with Gasteiger partial charge in [0, 0.05) is 5.41 Å². The van der Waals surface area contributed by atoms with E-state index in [1.54, 1.807) is 0 Å². The number of fused-ring (bicyclic) bond motifs is 11. The molecule has 248 valence electrons. The number of rotatable bonds is 3. The fourth-order valence-electron chi connectivity index (χ4n) is 9.26. The van der Waals surface area contributed by atoms with Crippen molar-refractivity contribution in [1.29, 1.82) is 0 Å². The van der Waals surface area contributed by atoms with E-state index in [-0.39, 0.29) is 5.41 Å². The summed E-state index contributed by atoms with van der Waals surface area (Å²) in [7, 11) is 0. The van der Waals surface area contributed by atoms with Gasteiger partial charge in [-0.05, 0) is 134 Å². The van der Waals surface area contributed by atoms with Crippen LogP contribution in [0.2, 0.25) is 0 Å². The Kier molecular flexibility index (Phi) is 6.40. The fourth-order valence-corrected chi connectivity index (χ4v) is 9.26. The van der Waals surface area contributed by atoms with Gasteiger partial charge in [0.05, 0.1) is 0 Å². The molecule has 0 N–H and O–H groups in total. The van der Waals surface area contributed by atoms with Crippen LogP contribution in [0.4, 0.5) is 0 Å². The highest BCUT2D eigenvalue weighted by Crippen LogP contribution is 2.49. The molecule has 0 unspecified atom stereocenters. The Morgan fingerprint density at radius 3 is 1.58 bits per heavy atom. The topological polar surface area (TPSA) is 0 Å². The Morgan fingerprint density at radius 2 is 0.792 bits per heavy atom. The van der Waals surface area contributed by atoms with Crippen LogP contribution in [0.5, 0.6) is 0 Å². The molecule has 0 aliphatic heterocycles. The first-order valence-corrected chi connectivity index (χ1v) is 18.7. The SMILES string of the molecule is CC1(C)c2ccccc2-c2ccc(-c3ccc4cc(-c5ccc(-c6cc7ccc8ccc9ccccc9c8c7c7ccccc67)cc5)ccc4c3)cc21. The summed E-state index contributed by atoms with van der Waals surface area (Å²) >= 11 is 0. The first kappa shape index (κ1) is 30.2. The molecule has 0 nitrogen and oxygen atoms in total. The summed E-state index contributed by atoms with van der Waals surface area (Å²) in [6.07, 6.45) is 0. The lowest BCUT2D eigenvalue weighted by Crippen LogP contribution is -2.14. The van der Waals surface area contributed by atoms with Crippen LogP contribution in [0.1, 0.15) is 25.0 Å². The largest absolute Gasteiger partial charge is 0.0619 e. The molecule has 0 heterocycles. The van der Waals surface area contributed by atoms with Crippen molar-refractivity contribution in [2.75, 3.05) is 0 Å². The molecule has 0 amide bonds. The third kappa shape index (κ3) is 4.55. The van der Waals surface area contributed by atoms with Gasteiger partial charge in [-0.1, -0.05) is 172 Å². The van der Waals surface area contributed by atoms with Gasteiger partial charge in [0.2, 0.25) is 0 Å². The summed E-state index contributed by atoms with van der Waals surface area (Å²) in [4.78, 5) is 0. The minimum atomic E-state index is -0.00510. The monoisotopic (exact) mass is 672 g/mol. The zero-order valence-electron chi connectivity index (χ0n) is 29.8. The molecule has 10 aromatic carbocycles. The molecule has 0 bridgehead atoms. The van der Waals surface area contributed by atoms with Gasteiger partial charge in [-0.15, -0.1) is 0 Å². The lowest BCUT2D eigenvalue weighted by molar-refractivity contribution is 0.660. The fraction of sp³-hybridized carbons (Fsp3) is 0.0566. The summed E-state index contributed by atoms with van der Waals surface area (Å²) in [6.45, 7) is 4.70. The Bertz CT molecular complexity index is 3120. The Hall–Kier alpha value is -6.50. The maximum absolute atomic E-state index is 2.41. The quantitative estimate of drug-likeness (QED) is 0.164. The molecule has 0 atom stereocenters. The Balaban J connectivity index is 0.948. The molecule has 0 saturated carbocycles. The summed E-state index contributed by atoms with van der Waals surface area (Å²) in [6, 6.07) is 67.9. The van der Waals surface area contributed by atoms with Gasteiger partial charge in [0.15, 0.2) is 0 Å². The van der Waals surface area contributed by atoms with Gasteiger partial charge in [-0.3, -0.25) is 0 Å². The van der Waals surface area contributed by atoms with Gasteiger partial charge in [-0.2, -0.15) is 0 Å². The van der Waals surface area contributed by atoms with Crippen molar-refractivity contribution in [1.82, 2.24) is 0 Å². The molecule has 0 heteroatoms. The average molecular weight is 673 g/mol. The van der Waals surface area contributed by atoms with Gasteiger partial charge < -0.3 is 0 Å². The smallest absolute Gasteiger partial charge is 0.0159 e. The number of benzene rings is 10. The van der Waals surface area contributed by atoms with E-state index in [1.165, 1.54) is 109 Å². The minimum absolute atomic E-state index is 0.00510. The molecule has 0 spiro atoms. The van der Waals surface area contributed by atoms with Crippen molar-refractivity contribution < 1.29 is 0 Å². The van der Waals surface area contributed by atoms with Crippen LogP contribution >= 0.6 is 0 Å². The van der Waals surface area contributed by atoms with E-state index < -0.39 is 0 Å². The Morgan fingerprint density at radius 1 is 0.283 bits per heavy atom. The molecule has 0 fully saturated rings. The molecule has 0 saturated heterocycles. The minimum Gasteiger partial charge on any atom is -0.0619 e. The molecule has 1 aliphatic rings. The lowest BCUT2D eigenvalue weighted by atomic mass is 9.81. The van der Waals surface area contributed by atoms with E-state index >= 15 is 0 Å². The summed E-state index contributed by atoms with van der Waals surface area (Å²) < 4.78 is 0. The maximum atomic E-state index is 2.41. The summed E-state index contributed by atoms with van der Waals surface area (Å²) in [5.74, 6) is 0. The highest BCUT2D eigenvalue weighted by Gasteiger charge is 2.35. The van der Waals surface area contributed by atoms with E-state index in [2.05, 4.69) is 196 Å². The second-order valence-corrected chi connectivity index (χ2v) is 15.3. The van der Waals surface area contributed by atoms with Crippen molar-refractivity contribution in [3.63, 3.8) is 0 Å². The van der Waals surface area contributed by atoms with E-state index in [9.17, 15) is 0 Å². The summed E-state index contributed by atoms with van der Waals surface area (Å²) in [5.41, 5.74) is 13.0. The highest BCUT2D eigenvalue weighted by atomic mass is 14.4. The predicted molar refractivity (Wildman–Crippen MR) is 228 cm³/mol. The maximum Gasteiger partial charge on any atom is 0.0159 e. The van der Waals surface area contributed by atoms with E-state index in [4.69, 9.17) is 0 Å². The second-order valence-electron chi connectivity index (χ2n) is 15.3. The first-order valence-electron chi connectivity index (χ1n) is 18.7. The van der Waals surface area contributed by atoms with Crippen LogP contribution in [0.25, 0.3) is 98.4 Å². The molecule has 53 heavy (non-hydrogen) atoms. The second kappa shape index (κ2) is 11.2. The third-order valence-electron chi connectivity index (χ3n) is 12.0. The van der Waals surface area contributed by atoms with Crippen LogP contribution in [0, 0.1) is 0 Å². The molecular weight excluding hydrogens is 637 g/mol. The van der Waals surface area contributed by atoms with Gasteiger partial charge in [0.25, 0.3) is 0 Å². The highest BCUT2D eigenvalue weighted by molar-refractivity contribution is 6.29. The van der Waals surface area contributed by atoms with Crippen LogP contribution in [-0.2, 0) is 5.41 Å². The average Bonchev–Trinajstić information content (AvgIpc) is 3.45. The summed E-state index contributed by atoms with van der Waals surface area (Å²) in [5, 5.41) is 12.9. The van der Waals surface area contributed by atoms with E-state index in [0.29, 0.717) is 0 Å². The van der Waals surface area contributed by atoms with Crippen molar-refractivity contribution in [3.05, 3.63) is 193 Å². The molecule has 1 aliphatic carbocycles. The standard InChI is InChI=1S/C53H36/c1-53(2)49-14-8-7-12-45(49)46-28-27-41(32-50(46)53)40-25-24-38-29-37(22-23-39(38)30-40)33-15-17-35(18-16-33)48-31-42-26-21-36-20-19-34-9-3-4-10-43(34)51(36)52(42)47-13-6-5-11-44(47)48/h3-32H,1-2H3. The first-order chi connectivity index (χ1) is 26.0. The molecule has 0 radical (unpaired) electrons. The van der Waals surface area contributed by atoms with Crippen LogP contribution in [0.3, 0.4) is 0 Å². The van der Waals surface area contributed by atoms with Gasteiger partial charge >= 0.3 is 0 Å². The number of hydrogen-bond acceptors (Lipinski definition) is 0. The van der Waals surface area contributed by atoms with Crippen molar-refractivity contribution in [2.45, 2.75) is 19.3 Å². The van der Waals surface area contributed by atoms with Crippen LogP contribution < -0.4 is 0 Å². The zero-order chi connectivity index (χ0) is 35.3. The van der Waals surface area contributed by atoms with Crippen molar-refractivity contribution in [2.24, 2.45) is 0 Å². The van der Waals surface area contributed by atoms with Crippen molar-refractivity contribution >= 4 is 53.9 Å². The normalized spacial score (nSPS) is 13.2. The van der Waals surface area contributed by atoms with Gasteiger partial charge in [-0.25, -0.2) is 0 Å².